The number of carbonyl (C=O) groups excluding carboxylic acids is 1. The highest BCUT2D eigenvalue weighted by Crippen LogP contribution is 2.26. The Labute approximate surface area is 188 Å². The Morgan fingerprint density at radius 2 is 1.94 bits per heavy atom. The molecular weight excluding hydrogens is 404 g/mol. The zero-order valence-corrected chi connectivity index (χ0v) is 19.2. The molecular formula is C25H30N4O3. The molecule has 0 aliphatic heterocycles. The Balaban J connectivity index is 1.98. The van der Waals surface area contributed by atoms with Crippen molar-refractivity contribution < 1.29 is 9.53 Å². The largest absolute Gasteiger partial charge is 0.496 e. The number of nitrogens with one attached hydrogen (secondary N) is 3. The minimum absolute atomic E-state index is 0.0606. The second-order valence-electron chi connectivity index (χ2n) is 7.56. The average Bonchev–Trinajstić information content (AvgIpc) is 3.03. The summed E-state index contributed by atoms with van der Waals surface area (Å²) in [5.74, 6) is 0.204. The van der Waals surface area contributed by atoms with Crippen LogP contribution in [0, 0.1) is 13.8 Å². The fourth-order valence-corrected chi connectivity index (χ4v) is 3.91. The molecule has 0 spiro atoms. The van der Waals surface area contributed by atoms with Crippen LogP contribution < -0.4 is 21.0 Å². The first kappa shape index (κ1) is 22.9. The SMILES string of the molecule is CC=Cc1c(C(=O)NCc2c(OC)cc(C)[nH]c2=O)c(C)c(Cc2ccccc2)n1NC. The van der Waals surface area contributed by atoms with Gasteiger partial charge in [-0.3, -0.25) is 14.3 Å². The lowest BCUT2D eigenvalue weighted by molar-refractivity contribution is 0.0950. The van der Waals surface area contributed by atoms with E-state index in [1.54, 1.807) is 13.0 Å². The van der Waals surface area contributed by atoms with Crippen molar-refractivity contribution in [2.24, 2.45) is 0 Å². The van der Waals surface area contributed by atoms with E-state index in [0.29, 0.717) is 29.0 Å². The summed E-state index contributed by atoms with van der Waals surface area (Å²) < 4.78 is 7.28. The van der Waals surface area contributed by atoms with Gasteiger partial charge >= 0.3 is 0 Å². The molecule has 0 fully saturated rings. The molecule has 0 saturated heterocycles. The first-order valence-corrected chi connectivity index (χ1v) is 10.5. The number of methoxy groups -OCH3 is 1. The van der Waals surface area contributed by atoms with Crippen LogP contribution >= 0.6 is 0 Å². The smallest absolute Gasteiger partial charge is 0.256 e. The molecule has 0 bridgehead atoms. The molecule has 7 heteroatoms. The maximum absolute atomic E-state index is 13.3. The molecule has 2 aromatic heterocycles. The van der Waals surface area contributed by atoms with Gasteiger partial charge in [-0.2, -0.15) is 0 Å². The Morgan fingerprint density at radius 3 is 2.56 bits per heavy atom. The van der Waals surface area contributed by atoms with Crippen molar-refractivity contribution in [2.75, 3.05) is 19.6 Å². The van der Waals surface area contributed by atoms with Gasteiger partial charge in [-0.05, 0) is 44.0 Å². The average molecular weight is 435 g/mol. The number of hydrogen-bond acceptors (Lipinski definition) is 4. The Kier molecular flexibility index (Phi) is 7.20. The van der Waals surface area contributed by atoms with Crippen molar-refractivity contribution in [2.45, 2.75) is 33.7 Å². The van der Waals surface area contributed by atoms with E-state index in [-0.39, 0.29) is 18.0 Å². The molecule has 7 nitrogen and oxygen atoms in total. The van der Waals surface area contributed by atoms with Crippen molar-refractivity contribution in [3.8, 4) is 5.75 Å². The maximum atomic E-state index is 13.3. The summed E-state index contributed by atoms with van der Waals surface area (Å²) >= 11 is 0. The van der Waals surface area contributed by atoms with E-state index in [1.807, 2.05) is 55.9 Å². The number of amides is 1. The summed E-state index contributed by atoms with van der Waals surface area (Å²) in [4.78, 5) is 28.5. The summed E-state index contributed by atoms with van der Waals surface area (Å²) in [6, 6.07) is 11.9. The van der Waals surface area contributed by atoms with Crippen molar-refractivity contribution in [1.82, 2.24) is 15.0 Å². The van der Waals surface area contributed by atoms with Crippen LogP contribution in [-0.4, -0.2) is 29.7 Å². The number of allylic oxidation sites excluding steroid dienone is 1. The van der Waals surface area contributed by atoms with Gasteiger partial charge in [0.15, 0.2) is 0 Å². The lowest BCUT2D eigenvalue weighted by Crippen LogP contribution is -2.28. The number of aromatic nitrogens is 2. The molecule has 3 rings (SSSR count). The van der Waals surface area contributed by atoms with Crippen LogP contribution in [0.1, 0.15) is 51.1 Å². The van der Waals surface area contributed by atoms with Crippen molar-refractivity contribution in [3.63, 3.8) is 0 Å². The van der Waals surface area contributed by atoms with Crippen LogP contribution in [0.3, 0.4) is 0 Å². The summed E-state index contributed by atoms with van der Waals surface area (Å²) in [5, 5.41) is 2.90. The number of aromatic amines is 1. The molecule has 3 N–H and O–H groups in total. The number of rotatable bonds is 8. The number of nitrogens with zero attached hydrogens (tertiary/aromatic N) is 1. The van der Waals surface area contributed by atoms with Crippen LogP contribution in [0.15, 0.2) is 47.3 Å². The minimum Gasteiger partial charge on any atom is -0.496 e. The van der Waals surface area contributed by atoms with E-state index in [0.717, 1.165) is 22.5 Å². The lowest BCUT2D eigenvalue weighted by Gasteiger charge is -2.12. The van der Waals surface area contributed by atoms with Gasteiger partial charge < -0.3 is 20.5 Å². The molecule has 3 aromatic rings. The summed E-state index contributed by atoms with van der Waals surface area (Å²) in [7, 11) is 3.34. The second-order valence-corrected chi connectivity index (χ2v) is 7.56. The van der Waals surface area contributed by atoms with Crippen LogP contribution in [0.5, 0.6) is 5.75 Å². The van der Waals surface area contributed by atoms with Crippen LogP contribution in [0.4, 0.5) is 0 Å². The van der Waals surface area contributed by atoms with Gasteiger partial charge in [0.05, 0.1) is 30.5 Å². The number of benzene rings is 1. The van der Waals surface area contributed by atoms with Gasteiger partial charge in [-0.25, -0.2) is 0 Å². The Morgan fingerprint density at radius 1 is 1.22 bits per heavy atom. The predicted molar refractivity (Wildman–Crippen MR) is 128 cm³/mol. The van der Waals surface area contributed by atoms with E-state index in [2.05, 4.69) is 27.9 Å². The molecule has 1 aromatic carbocycles. The van der Waals surface area contributed by atoms with Crippen LogP contribution in [0.2, 0.25) is 0 Å². The van der Waals surface area contributed by atoms with Gasteiger partial charge in [-0.1, -0.05) is 36.4 Å². The zero-order chi connectivity index (χ0) is 23.3. The number of hydrogen-bond donors (Lipinski definition) is 3. The highest BCUT2D eigenvalue weighted by Gasteiger charge is 2.24. The molecule has 0 aliphatic rings. The normalized spacial score (nSPS) is 11.0. The van der Waals surface area contributed by atoms with E-state index in [4.69, 9.17) is 4.74 Å². The predicted octanol–water partition coefficient (Wildman–Crippen LogP) is 3.53. The zero-order valence-electron chi connectivity index (χ0n) is 19.2. The van der Waals surface area contributed by atoms with Crippen molar-refractivity contribution in [3.05, 3.63) is 92.2 Å². The van der Waals surface area contributed by atoms with Crippen molar-refractivity contribution >= 4 is 12.0 Å². The third kappa shape index (κ3) is 4.61. The topological polar surface area (TPSA) is 88.2 Å². The number of H-pyrrole nitrogens is 1. The summed E-state index contributed by atoms with van der Waals surface area (Å²) in [6.07, 6.45) is 4.49. The Bertz CT molecular complexity index is 1190. The second kappa shape index (κ2) is 10.0. The van der Waals surface area contributed by atoms with Gasteiger partial charge in [0.1, 0.15) is 5.75 Å². The quantitative estimate of drug-likeness (QED) is 0.506. The van der Waals surface area contributed by atoms with E-state index in [1.165, 1.54) is 7.11 Å². The van der Waals surface area contributed by atoms with Crippen molar-refractivity contribution in [1.29, 1.82) is 0 Å². The molecule has 0 saturated carbocycles. The molecule has 168 valence electrons. The molecule has 1 amide bonds. The molecule has 0 unspecified atom stereocenters. The fourth-order valence-electron chi connectivity index (χ4n) is 3.91. The van der Waals surface area contributed by atoms with Gasteiger partial charge in [0.2, 0.25) is 0 Å². The fraction of sp³-hybridized carbons (Fsp3) is 0.280. The van der Waals surface area contributed by atoms with Gasteiger partial charge in [0, 0.05) is 24.9 Å². The molecule has 32 heavy (non-hydrogen) atoms. The van der Waals surface area contributed by atoms with Crippen LogP contribution in [0.25, 0.3) is 6.08 Å². The van der Waals surface area contributed by atoms with E-state index < -0.39 is 0 Å². The molecule has 0 aliphatic carbocycles. The van der Waals surface area contributed by atoms with Gasteiger partial charge in [-0.15, -0.1) is 0 Å². The standard InChI is InChI=1S/C25H30N4O3/c1-6-10-20-23(17(3)21(29(20)26-4)14-18-11-8-7-9-12-18)25(31)27-15-19-22(32-5)13-16(2)28-24(19)30/h6-13,26H,14-15H2,1-5H3,(H,27,31)(H,28,30). The third-order valence-corrected chi connectivity index (χ3v) is 5.44. The highest BCUT2D eigenvalue weighted by molar-refractivity contribution is 5.99. The van der Waals surface area contributed by atoms with Gasteiger partial charge in [0.25, 0.3) is 11.5 Å². The number of ether oxygens (including phenoxy) is 1. The minimum atomic E-state index is -0.273. The monoisotopic (exact) mass is 434 g/mol. The highest BCUT2D eigenvalue weighted by atomic mass is 16.5. The Hall–Kier alpha value is -3.74. The molecule has 0 atom stereocenters. The molecule has 2 heterocycles. The van der Waals surface area contributed by atoms with E-state index in [9.17, 15) is 9.59 Å². The molecule has 0 radical (unpaired) electrons. The summed E-state index contributed by atoms with van der Waals surface area (Å²) in [5.41, 5.74) is 8.39. The summed E-state index contributed by atoms with van der Waals surface area (Å²) in [6.45, 7) is 5.71. The van der Waals surface area contributed by atoms with Crippen LogP contribution in [-0.2, 0) is 13.0 Å². The number of carbonyl (C=O) groups is 1. The first-order valence-electron chi connectivity index (χ1n) is 10.5. The number of aryl methyl sites for hydroxylation is 1. The third-order valence-electron chi connectivity index (χ3n) is 5.44. The number of pyridine rings is 1. The first-order chi connectivity index (χ1) is 15.4. The van der Waals surface area contributed by atoms with E-state index >= 15 is 0 Å². The maximum Gasteiger partial charge on any atom is 0.256 e. The lowest BCUT2D eigenvalue weighted by atomic mass is 10.0.